The van der Waals surface area contributed by atoms with Gasteiger partial charge in [0.1, 0.15) is 5.82 Å². The van der Waals surface area contributed by atoms with Crippen LogP contribution in [0.5, 0.6) is 0 Å². The van der Waals surface area contributed by atoms with Crippen LogP contribution in [0.4, 0.5) is 10.1 Å². The Morgan fingerprint density at radius 3 is 2.44 bits per heavy atom. The number of hydrogen-bond donors (Lipinski definition) is 1. The Morgan fingerprint density at radius 2 is 1.75 bits per heavy atom. The zero-order chi connectivity index (χ0) is 11.7. The van der Waals surface area contributed by atoms with Gasteiger partial charge in [-0.25, -0.2) is 4.39 Å². The van der Waals surface area contributed by atoms with Crippen molar-refractivity contribution in [2.75, 3.05) is 5.73 Å². The molecule has 16 heavy (non-hydrogen) atoms. The second kappa shape index (κ2) is 3.97. The van der Waals surface area contributed by atoms with E-state index < -0.39 is 0 Å². The number of benzene rings is 2. The molecule has 2 heteroatoms. The molecule has 0 unspecified atom stereocenters. The normalized spacial score (nSPS) is 10.4. The van der Waals surface area contributed by atoms with Gasteiger partial charge in [-0.05, 0) is 31.0 Å². The van der Waals surface area contributed by atoms with Gasteiger partial charge in [-0.3, -0.25) is 0 Å². The minimum Gasteiger partial charge on any atom is -0.396 e. The first-order chi connectivity index (χ1) is 7.59. The molecule has 1 nitrogen and oxygen atoms in total. The van der Waals surface area contributed by atoms with Crippen LogP contribution < -0.4 is 5.73 Å². The van der Waals surface area contributed by atoms with Gasteiger partial charge in [0.15, 0.2) is 0 Å². The fraction of sp³-hybridized carbons (Fsp3) is 0.143. The highest BCUT2D eigenvalue weighted by atomic mass is 19.1. The molecule has 0 aromatic heterocycles. The maximum Gasteiger partial charge on any atom is 0.146 e. The van der Waals surface area contributed by atoms with Crippen LogP contribution in [0.2, 0.25) is 0 Å². The third kappa shape index (κ3) is 1.78. The van der Waals surface area contributed by atoms with Gasteiger partial charge >= 0.3 is 0 Å². The average Bonchev–Trinajstić information content (AvgIpc) is 2.23. The van der Waals surface area contributed by atoms with Gasteiger partial charge in [0.05, 0.1) is 5.69 Å². The lowest BCUT2D eigenvalue weighted by atomic mass is 9.97. The van der Waals surface area contributed by atoms with E-state index in [0.717, 1.165) is 16.7 Å². The van der Waals surface area contributed by atoms with E-state index in [1.807, 2.05) is 32.0 Å². The predicted molar refractivity (Wildman–Crippen MR) is 65.7 cm³/mol. The summed E-state index contributed by atoms with van der Waals surface area (Å²) in [6, 6.07) is 11.0. The Hall–Kier alpha value is -1.83. The maximum absolute atomic E-state index is 13.4. The van der Waals surface area contributed by atoms with E-state index in [0.29, 0.717) is 0 Å². The predicted octanol–water partition coefficient (Wildman–Crippen LogP) is 3.69. The molecule has 0 atom stereocenters. The van der Waals surface area contributed by atoms with Crippen molar-refractivity contribution in [3.63, 3.8) is 0 Å². The molecule has 2 aromatic carbocycles. The van der Waals surface area contributed by atoms with Gasteiger partial charge in [0.25, 0.3) is 0 Å². The van der Waals surface area contributed by atoms with Gasteiger partial charge in [0, 0.05) is 5.56 Å². The summed E-state index contributed by atoms with van der Waals surface area (Å²) in [7, 11) is 0. The van der Waals surface area contributed by atoms with Crippen molar-refractivity contribution < 1.29 is 4.39 Å². The quantitative estimate of drug-likeness (QED) is 0.721. The van der Waals surface area contributed by atoms with Gasteiger partial charge < -0.3 is 5.73 Å². The van der Waals surface area contributed by atoms with E-state index in [2.05, 4.69) is 6.07 Å². The van der Waals surface area contributed by atoms with Gasteiger partial charge in [-0.1, -0.05) is 35.9 Å². The first-order valence-corrected chi connectivity index (χ1v) is 5.21. The van der Waals surface area contributed by atoms with E-state index in [4.69, 9.17) is 5.73 Å². The maximum atomic E-state index is 13.4. The Morgan fingerprint density at radius 1 is 1.00 bits per heavy atom. The summed E-state index contributed by atoms with van der Waals surface area (Å²) < 4.78 is 13.4. The molecule has 2 aromatic rings. The van der Waals surface area contributed by atoms with Crippen LogP contribution in [-0.4, -0.2) is 0 Å². The average molecular weight is 215 g/mol. The molecule has 0 saturated carbocycles. The monoisotopic (exact) mass is 215 g/mol. The van der Waals surface area contributed by atoms with Crippen molar-refractivity contribution in [1.82, 2.24) is 0 Å². The number of aryl methyl sites for hydroxylation is 2. The largest absolute Gasteiger partial charge is 0.396 e. The van der Waals surface area contributed by atoms with Crippen molar-refractivity contribution in [2.24, 2.45) is 0 Å². The second-order valence-corrected chi connectivity index (χ2v) is 4.02. The van der Waals surface area contributed by atoms with Gasteiger partial charge in [-0.2, -0.15) is 0 Å². The highest BCUT2D eigenvalue weighted by Gasteiger charge is 2.08. The van der Waals surface area contributed by atoms with E-state index in [-0.39, 0.29) is 11.5 Å². The molecule has 0 aliphatic carbocycles. The summed E-state index contributed by atoms with van der Waals surface area (Å²) in [6.07, 6.45) is 0. The summed E-state index contributed by atoms with van der Waals surface area (Å²) >= 11 is 0. The number of halogens is 1. The highest BCUT2D eigenvalue weighted by molar-refractivity contribution is 5.78. The van der Waals surface area contributed by atoms with Crippen LogP contribution in [-0.2, 0) is 0 Å². The van der Waals surface area contributed by atoms with Crippen LogP contribution >= 0.6 is 0 Å². The lowest BCUT2D eigenvalue weighted by molar-refractivity contribution is 0.633. The fourth-order valence-electron chi connectivity index (χ4n) is 1.89. The molecule has 0 aliphatic heterocycles. The number of nitrogens with two attached hydrogens (primary N) is 1. The van der Waals surface area contributed by atoms with Gasteiger partial charge in [0.2, 0.25) is 0 Å². The third-order valence-electron chi connectivity index (χ3n) is 2.72. The van der Waals surface area contributed by atoms with E-state index in [9.17, 15) is 4.39 Å². The highest BCUT2D eigenvalue weighted by Crippen LogP contribution is 2.30. The summed E-state index contributed by atoms with van der Waals surface area (Å²) in [4.78, 5) is 0. The van der Waals surface area contributed by atoms with Crippen LogP contribution in [0.15, 0.2) is 36.4 Å². The van der Waals surface area contributed by atoms with Crippen molar-refractivity contribution in [2.45, 2.75) is 13.8 Å². The van der Waals surface area contributed by atoms with Crippen LogP contribution in [0.3, 0.4) is 0 Å². The summed E-state index contributed by atoms with van der Waals surface area (Å²) in [5, 5.41) is 0. The van der Waals surface area contributed by atoms with Crippen molar-refractivity contribution >= 4 is 5.69 Å². The Labute approximate surface area is 94.7 Å². The lowest BCUT2D eigenvalue weighted by Gasteiger charge is -2.10. The molecule has 0 bridgehead atoms. The van der Waals surface area contributed by atoms with Crippen LogP contribution in [0.1, 0.15) is 11.1 Å². The second-order valence-electron chi connectivity index (χ2n) is 4.02. The lowest BCUT2D eigenvalue weighted by Crippen LogP contribution is -1.95. The Bertz CT molecular complexity index is 532. The van der Waals surface area contributed by atoms with Crippen molar-refractivity contribution in [1.29, 1.82) is 0 Å². The van der Waals surface area contributed by atoms with E-state index in [1.165, 1.54) is 11.6 Å². The number of anilines is 1. The van der Waals surface area contributed by atoms with Crippen LogP contribution in [0.25, 0.3) is 11.1 Å². The smallest absolute Gasteiger partial charge is 0.146 e. The number of hydrogen-bond acceptors (Lipinski definition) is 1. The number of rotatable bonds is 1. The molecule has 2 rings (SSSR count). The zero-order valence-electron chi connectivity index (χ0n) is 9.42. The Kier molecular flexibility index (Phi) is 2.65. The summed E-state index contributed by atoms with van der Waals surface area (Å²) in [6.45, 7) is 4.04. The fourth-order valence-corrected chi connectivity index (χ4v) is 1.89. The molecular weight excluding hydrogens is 201 g/mol. The van der Waals surface area contributed by atoms with Crippen LogP contribution in [0, 0.1) is 19.7 Å². The van der Waals surface area contributed by atoms with Crippen molar-refractivity contribution in [3.8, 4) is 11.1 Å². The molecule has 0 amide bonds. The minimum absolute atomic E-state index is 0.217. The first kappa shape index (κ1) is 10.7. The molecule has 2 N–H and O–H groups in total. The van der Waals surface area contributed by atoms with E-state index in [1.54, 1.807) is 6.07 Å². The molecule has 0 radical (unpaired) electrons. The molecule has 0 heterocycles. The zero-order valence-corrected chi connectivity index (χ0v) is 9.42. The first-order valence-electron chi connectivity index (χ1n) is 5.21. The number of nitrogen functional groups attached to an aromatic ring is 1. The standard InChI is InChI=1S/C14H14FN/c1-9-6-7-11(10(2)8-9)12-4-3-5-13(15)14(12)16/h3-8H,16H2,1-2H3. The SMILES string of the molecule is Cc1ccc(-c2cccc(F)c2N)c(C)c1. The topological polar surface area (TPSA) is 26.0 Å². The minimum atomic E-state index is -0.363. The van der Waals surface area contributed by atoms with Crippen molar-refractivity contribution in [3.05, 3.63) is 53.3 Å². The molecule has 0 spiro atoms. The molecule has 0 aliphatic rings. The van der Waals surface area contributed by atoms with Gasteiger partial charge in [-0.15, -0.1) is 0 Å². The molecular formula is C14H14FN. The molecule has 0 saturated heterocycles. The summed E-state index contributed by atoms with van der Waals surface area (Å²) in [5.41, 5.74) is 10.0. The molecule has 82 valence electrons. The number of para-hydroxylation sites is 1. The Balaban J connectivity index is 2.63. The summed E-state index contributed by atoms with van der Waals surface area (Å²) in [5.74, 6) is -0.363. The molecule has 0 fully saturated rings. The van der Waals surface area contributed by atoms with E-state index >= 15 is 0 Å². The third-order valence-corrected chi connectivity index (χ3v) is 2.72.